The van der Waals surface area contributed by atoms with Crippen molar-refractivity contribution in [1.82, 2.24) is 15.0 Å². The number of nitrogens with one attached hydrogen (secondary N) is 1. The van der Waals surface area contributed by atoms with Crippen LogP contribution < -0.4 is 14.8 Å². The summed E-state index contributed by atoms with van der Waals surface area (Å²) in [4.78, 5) is 24.3. The Morgan fingerprint density at radius 2 is 1.79 bits per heavy atom. The highest BCUT2D eigenvalue weighted by atomic mass is 19.1. The number of rotatable bonds is 3. The predicted molar refractivity (Wildman–Crippen MR) is 107 cm³/mol. The third-order valence-electron chi connectivity index (χ3n) is 4.08. The minimum absolute atomic E-state index is 0.112. The van der Waals surface area contributed by atoms with Gasteiger partial charge in [-0.3, -0.25) is 14.8 Å². The van der Waals surface area contributed by atoms with Gasteiger partial charge in [0.05, 0.1) is 29.8 Å². The zero-order valence-electron chi connectivity index (χ0n) is 16.4. The van der Waals surface area contributed by atoms with Gasteiger partial charge < -0.3 is 14.8 Å². The van der Waals surface area contributed by atoms with Gasteiger partial charge in [-0.05, 0) is 30.7 Å². The number of nitrogens with zero attached hydrogens (tertiary/aromatic N) is 3. The molecule has 3 heterocycles. The van der Waals surface area contributed by atoms with E-state index in [1.807, 2.05) is 32.9 Å². The zero-order chi connectivity index (χ0) is 20.8. The summed E-state index contributed by atoms with van der Waals surface area (Å²) in [7, 11) is 0. The first-order valence-corrected chi connectivity index (χ1v) is 9.25. The van der Waals surface area contributed by atoms with Crippen LogP contribution in [0.1, 0.15) is 29.8 Å². The van der Waals surface area contributed by atoms with Gasteiger partial charge in [0.25, 0.3) is 5.91 Å². The molecule has 0 radical (unpaired) electrons. The summed E-state index contributed by atoms with van der Waals surface area (Å²) < 4.78 is 24.8. The summed E-state index contributed by atoms with van der Waals surface area (Å²) >= 11 is 0. The maximum absolute atomic E-state index is 13.6. The number of pyridine rings is 1. The van der Waals surface area contributed by atoms with Crippen LogP contribution in [0, 0.1) is 12.7 Å². The van der Waals surface area contributed by atoms with E-state index in [0.29, 0.717) is 30.4 Å². The van der Waals surface area contributed by atoms with Crippen LogP contribution in [-0.2, 0) is 0 Å². The number of ether oxygens (including phenoxy) is 2. The molecule has 7 nitrogen and oxygen atoms in total. The summed E-state index contributed by atoms with van der Waals surface area (Å²) in [5.74, 6) is 0.266. The highest BCUT2D eigenvalue weighted by molar-refractivity contribution is 6.03. The molecule has 0 fully saturated rings. The van der Waals surface area contributed by atoms with E-state index in [1.54, 1.807) is 0 Å². The molecule has 0 atom stereocenters. The lowest BCUT2D eigenvalue weighted by molar-refractivity contribution is 0.102. The Bertz CT molecular complexity index is 1010. The molecule has 4 rings (SSSR count). The molecule has 0 aliphatic carbocycles. The molecule has 1 N–H and O–H groups in total. The van der Waals surface area contributed by atoms with Gasteiger partial charge in [-0.2, -0.15) is 0 Å². The lowest BCUT2D eigenvalue weighted by Gasteiger charge is -2.20. The van der Waals surface area contributed by atoms with E-state index >= 15 is 0 Å². The standard InChI is InChI=1S/C19H15FN4O3.C2H6/c1-11-6-16-17(27-5-4-26-16)7-13(11)15-9-23-18(10-22-15)24-19(25)12-2-3-21-8-14(12)20;1-2/h2-3,6-10H,4-5H2,1H3,(H,23,24,25);1-2H3. The van der Waals surface area contributed by atoms with Crippen molar-refractivity contribution in [1.29, 1.82) is 0 Å². The smallest absolute Gasteiger partial charge is 0.259 e. The Morgan fingerprint density at radius 1 is 1.07 bits per heavy atom. The van der Waals surface area contributed by atoms with Crippen molar-refractivity contribution in [2.75, 3.05) is 18.5 Å². The molecule has 2 aromatic heterocycles. The molecule has 29 heavy (non-hydrogen) atoms. The van der Waals surface area contributed by atoms with Crippen molar-refractivity contribution in [3.05, 3.63) is 59.9 Å². The maximum Gasteiger partial charge on any atom is 0.259 e. The Labute approximate surface area is 167 Å². The molecule has 0 saturated carbocycles. The highest BCUT2D eigenvalue weighted by Crippen LogP contribution is 2.36. The third kappa shape index (κ3) is 4.48. The largest absolute Gasteiger partial charge is 0.486 e. The summed E-state index contributed by atoms with van der Waals surface area (Å²) in [5.41, 5.74) is 2.32. The molecule has 1 aliphatic rings. The summed E-state index contributed by atoms with van der Waals surface area (Å²) in [6, 6.07) is 5.05. The minimum atomic E-state index is -0.702. The average molecular weight is 396 g/mol. The van der Waals surface area contributed by atoms with Crippen LogP contribution >= 0.6 is 0 Å². The van der Waals surface area contributed by atoms with Crippen molar-refractivity contribution in [2.45, 2.75) is 20.8 Å². The van der Waals surface area contributed by atoms with Gasteiger partial charge in [0, 0.05) is 11.8 Å². The first-order chi connectivity index (χ1) is 14.1. The van der Waals surface area contributed by atoms with E-state index in [9.17, 15) is 9.18 Å². The second-order valence-electron chi connectivity index (χ2n) is 5.91. The van der Waals surface area contributed by atoms with Crippen molar-refractivity contribution >= 4 is 11.7 Å². The zero-order valence-corrected chi connectivity index (χ0v) is 16.4. The van der Waals surface area contributed by atoms with Gasteiger partial charge >= 0.3 is 0 Å². The molecule has 8 heteroatoms. The minimum Gasteiger partial charge on any atom is -0.486 e. The average Bonchev–Trinajstić information content (AvgIpc) is 2.75. The molecule has 1 aliphatic heterocycles. The number of carbonyl (C=O) groups excluding carboxylic acids is 1. The number of halogens is 1. The molecule has 1 aromatic carbocycles. The number of amides is 1. The van der Waals surface area contributed by atoms with E-state index in [1.165, 1.54) is 24.7 Å². The molecular weight excluding hydrogens is 375 g/mol. The van der Waals surface area contributed by atoms with Crippen LogP contribution in [0.2, 0.25) is 0 Å². The maximum atomic E-state index is 13.6. The number of aromatic nitrogens is 3. The Kier molecular flexibility index (Phi) is 6.33. The Hall–Kier alpha value is -3.55. The van der Waals surface area contributed by atoms with E-state index < -0.39 is 11.7 Å². The van der Waals surface area contributed by atoms with Crippen LogP contribution in [0.25, 0.3) is 11.3 Å². The quantitative estimate of drug-likeness (QED) is 0.719. The van der Waals surface area contributed by atoms with Crippen LogP contribution in [0.5, 0.6) is 11.5 Å². The van der Waals surface area contributed by atoms with Crippen molar-refractivity contribution in [3.63, 3.8) is 0 Å². The monoisotopic (exact) mass is 396 g/mol. The molecular formula is C21H21FN4O3. The number of carbonyl (C=O) groups is 1. The fourth-order valence-corrected chi connectivity index (χ4v) is 2.74. The van der Waals surface area contributed by atoms with Gasteiger partial charge in [0.2, 0.25) is 0 Å². The number of hydrogen-bond donors (Lipinski definition) is 1. The fraction of sp³-hybridized carbons (Fsp3) is 0.238. The van der Waals surface area contributed by atoms with Gasteiger partial charge in [-0.15, -0.1) is 0 Å². The number of hydrogen-bond acceptors (Lipinski definition) is 6. The SMILES string of the molecule is CC.Cc1cc2c(cc1-c1cnc(NC(=O)c3ccncc3F)cn1)OCCO2. The molecule has 0 spiro atoms. The number of fused-ring (bicyclic) bond motifs is 1. The van der Waals surface area contributed by atoms with E-state index in [4.69, 9.17) is 9.47 Å². The molecule has 1 amide bonds. The predicted octanol–water partition coefficient (Wildman–Crippen LogP) is 4.04. The number of benzene rings is 1. The van der Waals surface area contributed by atoms with Crippen molar-refractivity contribution in [2.24, 2.45) is 0 Å². The summed E-state index contributed by atoms with van der Waals surface area (Å²) in [5, 5.41) is 2.52. The summed E-state index contributed by atoms with van der Waals surface area (Å²) in [6.45, 7) is 6.97. The van der Waals surface area contributed by atoms with Gasteiger partial charge in [-0.25, -0.2) is 9.37 Å². The van der Waals surface area contributed by atoms with Crippen LogP contribution in [0.4, 0.5) is 10.2 Å². The van der Waals surface area contributed by atoms with Crippen molar-refractivity contribution < 1.29 is 18.7 Å². The molecule has 3 aromatic rings. The van der Waals surface area contributed by atoms with E-state index in [2.05, 4.69) is 20.3 Å². The van der Waals surface area contributed by atoms with Crippen molar-refractivity contribution in [3.8, 4) is 22.8 Å². The molecule has 0 saturated heterocycles. The normalized spacial score (nSPS) is 11.9. The van der Waals surface area contributed by atoms with Crippen LogP contribution in [0.3, 0.4) is 0 Å². The molecule has 0 bridgehead atoms. The fourth-order valence-electron chi connectivity index (χ4n) is 2.74. The second kappa shape index (κ2) is 9.09. The lowest BCUT2D eigenvalue weighted by Crippen LogP contribution is -2.16. The Morgan fingerprint density at radius 3 is 2.45 bits per heavy atom. The molecule has 150 valence electrons. The van der Waals surface area contributed by atoms with Crippen LogP contribution in [0.15, 0.2) is 43.0 Å². The molecule has 0 unspecified atom stereocenters. The first-order valence-electron chi connectivity index (χ1n) is 9.25. The lowest BCUT2D eigenvalue weighted by atomic mass is 10.0. The summed E-state index contributed by atoms with van der Waals surface area (Å²) in [6.07, 6.45) is 5.28. The number of aryl methyl sites for hydroxylation is 1. The Balaban J connectivity index is 0.00000117. The van der Waals surface area contributed by atoms with Gasteiger partial charge in [-0.1, -0.05) is 13.8 Å². The second-order valence-corrected chi connectivity index (χ2v) is 5.91. The van der Waals surface area contributed by atoms with Crippen LogP contribution in [-0.4, -0.2) is 34.1 Å². The first kappa shape index (κ1) is 20.2. The van der Waals surface area contributed by atoms with E-state index in [0.717, 1.165) is 17.3 Å². The van der Waals surface area contributed by atoms with Gasteiger partial charge in [0.15, 0.2) is 23.1 Å². The topological polar surface area (TPSA) is 86.2 Å². The third-order valence-corrected chi connectivity index (χ3v) is 4.08. The van der Waals surface area contributed by atoms with Gasteiger partial charge in [0.1, 0.15) is 13.2 Å². The number of anilines is 1. The van der Waals surface area contributed by atoms with E-state index in [-0.39, 0.29) is 11.4 Å². The highest BCUT2D eigenvalue weighted by Gasteiger charge is 2.16.